The van der Waals surface area contributed by atoms with Gasteiger partial charge in [0.2, 0.25) is 5.91 Å². The standard InChI is InChI=1S/C23H30FN3O3/c1-29-16-13-23(22-25-20(30-26-22)17-7-9-19(24)10-8-17)11-14-27(15-12-23)21(28)18-5-3-2-4-6-18/h7-10,18H,2-6,11-16H2,1H3. The van der Waals surface area contributed by atoms with Gasteiger partial charge in [0.15, 0.2) is 5.82 Å². The Kier molecular flexibility index (Phi) is 6.46. The smallest absolute Gasteiger partial charge is 0.257 e. The number of hydrogen-bond acceptors (Lipinski definition) is 5. The first-order valence-electron chi connectivity index (χ1n) is 11.0. The molecular weight excluding hydrogens is 385 g/mol. The number of carbonyl (C=O) groups is 1. The van der Waals surface area contributed by atoms with Crippen LogP contribution < -0.4 is 0 Å². The van der Waals surface area contributed by atoms with Crippen LogP contribution in [0, 0.1) is 11.7 Å². The van der Waals surface area contributed by atoms with E-state index in [4.69, 9.17) is 9.26 Å². The third-order valence-corrected chi connectivity index (χ3v) is 6.76. The van der Waals surface area contributed by atoms with Crippen LogP contribution in [0.25, 0.3) is 11.5 Å². The summed E-state index contributed by atoms with van der Waals surface area (Å²) in [4.78, 5) is 19.6. The van der Waals surface area contributed by atoms with Crippen molar-refractivity contribution in [2.45, 2.75) is 56.8 Å². The molecule has 1 saturated carbocycles. The maximum absolute atomic E-state index is 13.2. The second-order valence-electron chi connectivity index (χ2n) is 8.61. The molecule has 1 saturated heterocycles. The second-order valence-corrected chi connectivity index (χ2v) is 8.61. The maximum Gasteiger partial charge on any atom is 0.257 e. The molecule has 1 aromatic heterocycles. The lowest BCUT2D eigenvalue weighted by Crippen LogP contribution is -2.48. The summed E-state index contributed by atoms with van der Waals surface area (Å²) in [7, 11) is 1.69. The van der Waals surface area contributed by atoms with Crippen molar-refractivity contribution in [2.75, 3.05) is 26.8 Å². The van der Waals surface area contributed by atoms with Crippen LogP contribution in [0.15, 0.2) is 28.8 Å². The van der Waals surface area contributed by atoms with Crippen molar-refractivity contribution in [3.05, 3.63) is 35.9 Å². The fraction of sp³-hybridized carbons (Fsp3) is 0.609. The first-order valence-corrected chi connectivity index (χ1v) is 11.0. The van der Waals surface area contributed by atoms with Gasteiger partial charge in [0.25, 0.3) is 5.89 Å². The molecule has 1 aliphatic carbocycles. The van der Waals surface area contributed by atoms with Gasteiger partial charge in [-0.2, -0.15) is 4.98 Å². The first-order chi connectivity index (χ1) is 14.6. The molecule has 0 unspecified atom stereocenters. The molecule has 2 aromatic rings. The lowest BCUT2D eigenvalue weighted by molar-refractivity contribution is -0.138. The minimum Gasteiger partial charge on any atom is -0.385 e. The number of piperidine rings is 1. The highest BCUT2D eigenvalue weighted by atomic mass is 19.1. The molecule has 30 heavy (non-hydrogen) atoms. The molecule has 0 radical (unpaired) electrons. The van der Waals surface area contributed by atoms with E-state index in [1.165, 1.54) is 18.6 Å². The fourth-order valence-corrected chi connectivity index (χ4v) is 4.79. The van der Waals surface area contributed by atoms with Gasteiger partial charge in [-0.15, -0.1) is 0 Å². The van der Waals surface area contributed by atoms with Crippen LogP contribution in [0.3, 0.4) is 0 Å². The van der Waals surface area contributed by atoms with Gasteiger partial charge < -0.3 is 14.2 Å². The number of methoxy groups -OCH3 is 1. The van der Waals surface area contributed by atoms with Crippen LogP contribution in [0.5, 0.6) is 0 Å². The number of benzene rings is 1. The van der Waals surface area contributed by atoms with E-state index in [-0.39, 0.29) is 17.2 Å². The molecular formula is C23H30FN3O3. The van der Waals surface area contributed by atoms with E-state index in [0.717, 1.165) is 44.9 Å². The molecule has 2 heterocycles. The Balaban J connectivity index is 1.49. The summed E-state index contributed by atoms with van der Waals surface area (Å²) in [5.74, 6) is 1.26. The van der Waals surface area contributed by atoms with Gasteiger partial charge in [0.1, 0.15) is 5.82 Å². The van der Waals surface area contributed by atoms with E-state index < -0.39 is 0 Å². The van der Waals surface area contributed by atoms with E-state index in [0.29, 0.717) is 42.9 Å². The zero-order chi connectivity index (χ0) is 21.0. The summed E-state index contributed by atoms with van der Waals surface area (Å²) in [6.07, 6.45) is 7.98. The minimum absolute atomic E-state index is 0.195. The van der Waals surface area contributed by atoms with Gasteiger partial charge in [0.05, 0.1) is 0 Å². The molecule has 7 heteroatoms. The molecule has 1 aromatic carbocycles. The third-order valence-electron chi connectivity index (χ3n) is 6.76. The van der Waals surface area contributed by atoms with Crippen LogP contribution in [0.4, 0.5) is 4.39 Å². The minimum atomic E-state index is -0.301. The summed E-state index contributed by atoms with van der Waals surface area (Å²) in [6.45, 7) is 2.01. The van der Waals surface area contributed by atoms with Crippen LogP contribution >= 0.6 is 0 Å². The first kappa shape index (κ1) is 21.0. The molecule has 0 bridgehead atoms. The van der Waals surface area contributed by atoms with Gasteiger partial charge in [0, 0.05) is 43.7 Å². The molecule has 6 nitrogen and oxygen atoms in total. The van der Waals surface area contributed by atoms with Crippen molar-refractivity contribution in [1.29, 1.82) is 0 Å². The third kappa shape index (κ3) is 4.41. The molecule has 0 spiro atoms. The maximum atomic E-state index is 13.2. The number of likely N-dealkylation sites (tertiary alicyclic amines) is 1. The number of amides is 1. The molecule has 0 atom stereocenters. The van der Waals surface area contributed by atoms with Gasteiger partial charge in [-0.25, -0.2) is 4.39 Å². The number of aromatic nitrogens is 2. The Morgan fingerprint density at radius 1 is 1.20 bits per heavy atom. The van der Waals surface area contributed by atoms with Crippen molar-refractivity contribution >= 4 is 5.91 Å². The Morgan fingerprint density at radius 3 is 2.57 bits per heavy atom. The van der Waals surface area contributed by atoms with Gasteiger partial charge in [-0.05, 0) is 56.4 Å². The van der Waals surface area contributed by atoms with E-state index in [2.05, 4.69) is 10.1 Å². The topological polar surface area (TPSA) is 68.5 Å². The van der Waals surface area contributed by atoms with Crippen LogP contribution in [-0.2, 0) is 14.9 Å². The summed E-state index contributed by atoms with van der Waals surface area (Å²) >= 11 is 0. The highest BCUT2D eigenvalue weighted by Crippen LogP contribution is 2.39. The Labute approximate surface area is 176 Å². The van der Waals surface area contributed by atoms with Crippen LogP contribution in [0.2, 0.25) is 0 Å². The van der Waals surface area contributed by atoms with E-state index in [9.17, 15) is 9.18 Å². The largest absolute Gasteiger partial charge is 0.385 e. The molecule has 2 aliphatic rings. The second kappa shape index (κ2) is 9.25. The predicted molar refractivity (Wildman–Crippen MR) is 110 cm³/mol. The van der Waals surface area contributed by atoms with Crippen LogP contribution in [0.1, 0.15) is 57.2 Å². The average molecular weight is 416 g/mol. The zero-order valence-corrected chi connectivity index (χ0v) is 17.6. The monoisotopic (exact) mass is 415 g/mol. The van der Waals surface area contributed by atoms with Crippen molar-refractivity contribution in [3.63, 3.8) is 0 Å². The van der Waals surface area contributed by atoms with Gasteiger partial charge in [-0.3, -0.25) is 4.79 Å². The normalized spacial score (nSPS) is 19.7. The van der Waals surface area contributed by atoms with Crippen molar-refractivity contribution in [1.82, 2.24) is 15.0 Å². The van der Waals surface area contributed by atoms with E-state index in [1.54, 1.807) is 19.2 Å². The van der Waals surface area contributed by atoms with Crippen molar-refractivity contribution in [3.8, 4) is 11.5 Å². The Bertz CT molecular complexity index is 838. The zero-order valence-electron chi connectivity index (χ0n) is 17.6. The molecule has 2 fully saturated rings. The molecule has 1 amide bonds. The summed E-state index contributed by atoms with van der Waals surface area (Å²) in [5.41, 5.74) is 0.420. The molecule has 0 N–H and O–H groups in total. The summed E-state index contributed by atoms with van der Waals surface area (Å²) < 4.78 is 24.1. The van der Waals surface area contributed by atoms with E-state index >= 15 is 0 Å². The van der Waals surface area contributed by atoms with Gasteiger partial charge >= 0.3 is 0 Å². The fourth-order valence-electron chi connectivity index (χ4n) is 4.79. The summed E-state index contributed by atoms with van der Waals surface area (Å²) in [5, 5.41) is 4.28. The highest BCUT2D eigenvalue weighted by molar-refractivity contribution is 5.79. The molecule has 1 aliphatic heterocycles. The number of rotatable bonds is 6. The number of ether oxygens (including phenoxy) is 1. The van der Waals surface area contributed by atoms with Crippen molar-refractivity contribution in [2.24, 2.45) is 5.92 Å². The number of nitrogens with zero attached hydrogens (tertiary/aromatic N) is 3. The average Bonchev–Trinajstić information content (AvgIpc) is 3.30. The SMILES string of the molecule is COCCC1(c2noc(-c3ccc(F)cc3)n2)CCN(C(=O)C2CCCCC2)CC1. The summed E-state index contributed by atoms with van der Waals surface area (Å²) in [6, 6.07) is 6.05. The number of hydrogen-bond donors (Lipinski definition) is 0. The quantitative estimate of drug-likeness (QED) is 0.701. The molecule has 162 valence electrons. The Morgan fingerprint density at radius 2 is 1.90 bits per heavy atom. The highest BCUT2D eigenvalue weighted by Gasteiger charge is 2.42. The van der Waals surface area contributed by atoms with E-state index in [1.807, 2.05) is 4.90 Å². The number of carbonyl (C=O) groups excluding carboxylic acids is 1. The Hall–Kier alpha value is -2.28. The molecule has 4 rings (SSSR count). The van der Waals surface area contributed by atoms with Crippen LogP contribution in [-0.4, -0.2) is 47.8 Å². The van der Waals surface area contributed by atoms with Crippen molar-refractivity contribution < 1.29 is 18.4 Å². The predicted octanol–water partition coefficient (Wildman–Crippen LogP) is 4.35. The van der Waals surface area contributed by atoms with Gasteiger partial charge in [-0.1, -0.05) is 24.4 Å². The lowest BCUT2D eigenvalue weighted by atomic mass is 9.74. The number of halogens is 1. The lowest BCUT2D eigenvalue weighted by Gasteiger charge is -2.41.